The van der Waals surface area contributed by atoms with Crippen LogP contribution in [0.1, 0.15) is 37.4 Å². The Kier molecular flexibility index (Phi) is 3.98. The Bertz CT molecular complexity index is 472. The lowest BCUT2D eigenvalue weighted by Gasteiger charge is -2.33. The van der Waals surface area contributed by atoms with E-state index in [0.717, 1.165) is 31.8 Å². The zero-order valence-corrected chi connectivity index (χ0v) is 11.7. The molecule has 0 amide bonds. The zero-order valence-electron chi connectivity index (χ0n) is 11.7. The summed E-state index contributed by atoms with van der Waals surface area (Å²) < 4.78 is 10.4. The third-order valence-electron chi connectivity index (χ3n) is 3.67. The molecule has 2 heterocycles. The predicted molar refractivity (Wildman–Crippen MR) is 70.0 cm³/mol. The Hall–Kier alpha value is -1.47. The lowest BCUT2D eigenvalue weighted by molar-refractivity contribution is -0.150. The Morgan fingerprint density at radius 3 is 3.15 bits per heavy atom. The number of carbonyl (C=O) groups is 1. The van der Waals surface area contributed by atoms with E-state index in [9.17, 15) is 4.79 Å². The van der Waals surface area contributed by atoms with Gasteiger partial charge in [-0.1, -0.05) is 5.16 Å². The van der Waals surface area contributed by atoms with Crippen LogP contribution in [0, 0.1) is 0 Å². The van der Waals surface area contributed by atoms with Gasteiger partial charge in [0, 0.05) is 25.6 Å². The lowest BCUT2D eigenvalue weighted by Crippen LogP contribution is -2.55. The monoisotopic (exact) mass is 280 g/mol. The van der Waals surface area contributed by atoms with Gasteiger partial charge in [-0.3, -0.25) is 9.69 Å². The van der Waals surface area contributed by atoms with E-state index in [-0.39, 0.29) is 12.0 Å². The van der Waals surface area contributed by atoms with E-state index in [4.69, 9.17) is 9.26 Å². The smallest absolute Gasteiger partial charge is 0.324 e. The molecule has 0 bridgehead atoms. The summed E-state index contributed by atoms with van der Waals surface area (Å²) >= 11 is 0. The molecule has 1 unspecified atom stereocenters. The highest BCUT2D eigenvalue weighted by atomic mass is 16.5. The molecule has 7 heteroatoms. The maximum atomic E-state index is 12.0. The van der Waals surface area contributed by atoms with Crippen LogP contribution in [-0.4, -0.2) is 53.3 Å². The van der Waals surface area contributed by atoms with Crippen molar-refractivity contribution in [3.05, 3.63) is 11.7 Å². The maximum absolute atomic E-state index is 12.0. The largest absolute Gasteiger partial charge is 0.465 e. The van der Waals surface area contributed by atoms with Crippen LogP contribution in [0.3, 0.4) is 0 Å². The minimum Gasteiger partial charge on any atom is -0.465 e. The molecule has 110 valence electrons. The van der Waals surface area contributed by atoms with E-state index in [0.29, 0.717) is 31.4 Å². The van der Waals surface area contributed by atoms with Gasteiger partial charge < -0.3 is 14.6 Å². The molecule has 2 fully saturated rings. The van der Waals surface area contributed by atoms with Gasteiger partial charge in [0.25, 0.3) is 0 Å². The first-order valence-corrected chi connectivity index (χ1v) is 7.21. The van der Waals surface area contributed by atoms with Crippen molar-refractivity contribution in [1.29, 1.82) is 0 Å². The van der Waals surface area contributed by atoms with Crippen LogP contribution in [0.4, 0.5) is 0 Å². The van der Waals surface area contributed by atoms with Crippen molar-refractivity contribution in [3.8, 4) is 0 Å². The molecule has 0 spiro atoms. The van der Waals surface area contributed by atoms with Crippen molar-refractivity contribution in [2.45, 2.75) is 38.3 Å². The predicted octanol–water partition coefficient (Wildman–Crippen LogP) is 0.284. The van der Waals surface area contributed by atoms with Crippen molar-refractivity contribution in [1.82, 2.24) is 20.4 Å². The molecule has 1 aromatic heterocycles. The van der Waals surface area contributed by atoms with E-state index >= 15 is 0 Å². The molecule has 1 aliphatic heterocycles. The van der Waals surface area contributed by atoms with Gasteiger partial charge in [-0.05, 0) is 19.8 Å². The van der Waals surface area contributed by atoms with Crippen molar-refractivity contribution >= 4 is 5.97 Å². The summed E-state index contributed by atoms with van der Waals surface area (Å²) in [5.74, 6) is 1.66. The average molecular weight is 280 g/mol. The molecule has 1 aliphatic carbocycles. The summed E-state index contributed by atoms with van der Waals surface area (Å²) in [6, 6.07) is -0.272. The van der Waals surface area contributed by atoms with E-state index < -0.39 is 0 Å². The average Bonchev–Trinajstić information content (AvgIpc) is 3.20. The SMILES string of the molecule is CCOC(=O)C1CNCCN1Cc1noc(C2CC2)n1. The fraction of sp³-hybridized carbons (Fsp3) is 0.769. The van der Waals surface area contributed by atoms with Crippen LogP contribution in [0.25, 0.3) is 0 Å². The van der Waals surface area contributed by atoms with Gasteiger partial charge in [-0.2, -0.15) is 4.98 Å². The number of aromatic nitrogens is 2. The number of nitrogens with zero attached hydrogens (tertiary/aromatic N) is 3. The van der Waals surface area contributed by atoms with Crippen LogP contribution < -0.4 is 5.32 Å². The third-order valence-corrected chi connectivity index (χ3v) is 3.67. The number of hydrogen-bond donors (Lipinski definition) is 1. The van der Waals surface area contributed by atoms with Gasteiger partial charge in [-0.15, -0.1) is 0 Å². The minimum atomic E-state index is -0.272. The molecule has 3 rings (SSSR count). The van der Waals surface area contributed by atoms with Gasteiger partial charge in [0.2, 0.25) is 5.89 Å². The maximum Gasteiger partial charge on any atom is 0.324 e. The number of esters is 1. The van der Waals surface area contributed by atoms with Crippen LogP contribution in [0.2, 0.25) is 0 Å². The number of rotatable bonds is 5. The van der Waals surface area contributed by atoms with E-state index in [1.54, 1.807) is 0 Å². The topological polar surface area (TPSA) is 80.5 Å². The van der Waals surface area contributed by atoms with Crippen molar-refractivity contribution < 1.29 is 14.1 Å². The second kappa shape index (κ2) is 5.88. The molecule has 1 aromatic rings. The lowest BCUT2D eigenvalue weighted by atomic mass is 10.2. The number of hydrogen-bond acceptors (Lipinski definition) is 7. The molecular formula is C13H20N4O3. The Labute approximate surface area is 117 Å². The molecule has 0 aromatic carbocycles. The third kappa shape index (κ3) is 2.99. The first-order chi connectivity index (χ1) is 9.78. The molecule has 7 nitrogen and oxygen atoms in total. The highest BCUT2D eigenvalue weighted by Crippen LogP contribution is 2.38. The second-order valence-corrected chi connectivity index (χ2v) is 5.27. The number of carbonyl (C=O) groups excluding carboxylic acids is 1. The molecule has 1 saturated carbocycles. The summed E-state index contributed by atoms with van der Waals surface area (Å²) in [4.78, 5) is 18.4. The van der Waals surface area contributed by atoms with Crippen molar-refractivity contribution in [2.75, 3.05) is 26.2 Å². The number of piperazine rings is 1. The molecule has 1 atom stereocenters. The minimum absolute atomic E-state index is 0.189. The fourth-order valence-electron chi connectivity index (χ4n) is 2.42. The van der Waals surface area contributed by atoms with Gasteiger partial charge in [0.15, 0.2) is 5.82 Å². The van der Waals surface area contributed by atoms with Crippen LogP contribution in [0.15, 0.2) is 4.52 Å². The first kappa shape index (κ1) is 13.5. The van der Waals surface area contributed by atoms with Gasteiger partial charge in [0.1, 0.15) is 6.04 Å². The highest BCUT2D eigenvalue weighted by molar-refractivity contribution is 5.76. The van der Waals surface area contributed by atoms with Gasteiger partial charge in [0.05, 0.1) is 13.2 Å². The van der Waals surface area contributed by atoms with Gasteiger partial charge in [-0.25, -0.2) is 0 Å². The molecule has 1 saturated heterocycles. The highest BCUT2D eigenvalue weighted by Gasteiger charge is 2.32. The van der Waals surface area contributed by atoms with E-state index in [2.05, 4.69) is 20.4 Å². The normalized spacial score (nSPS) is 23.8. The van der Waals surface area contributed by atoms with Crippen molar-refractivity contribution in [2.24, 2.45) is 0 Å². The van der Waals surface area contributed by atoms with Crippen LogP contribution in [-0.2, 0) is 16.1 Å². The summed E-state index contributed by atoms with van der Waals surface area (Å²) in [6.45, 7) is 4.98. The van der Waals surface area contributed by atoms with Crippen LogP contribution >= 0.6 is 0 Å². The Balaban J connectivity index is 1.64. The Morgan fingerprint density at radius 1 is 1.55 bits per heavy atom. The molecule has 20 heavy (non-hydrogen) atoms. The van der Waals surface area contributed by atoms with E-state index in [1.807, 2.05) is 6.92 Å². The number of nitrogens with one attached hydrogen (secondary N) is 1. The summed E-state index contributed by atoms with van der Waals surface area (Å²) in [6.07, 6.45) is 2.28. The van der Waals surface area contributed by atoms with Crippen molar-refractivity contribution in [3.63, 3.8) is 0 Å². The standard InChI is InChI=1S/C13H20N4O3/c1-2-19-13(18)10-7-14-5-6-17(10)8-11-15-12(20-16-11)9-3-4-9/h9-10,14H,2-8H2,1H3. The zero-order chi connectivity index (χ0) is 13.9. The summed E-state index contributed by atoms with van der Waals surface area (Å²) in [7, 11) is 0. The van der Waals surface area contributed by atoms with Crippen LogP contribution in [0.5, 0.6) is 0 Å². The molecule has 0 radical (unpaired) electrons. The second-order valence-electron chi connectivity index (χ2n) is 5.27. The number of ether oxygens (including phenoxy) is 1. The van der Waals surface area contributed by atoms with E-state index in [1.165, 1.54) is 0 Å². The summed E-state index contributed by atoms with van der Waals surface area (Å²) in [5.41, 5.74) is 0. The molecule has 2 aliphatic rings. The fourth-order valence-corrected chi connectivity index (χ4v) is 2.42. The Morgan fingerprint density at radius 2 is 2.40 bits per heavy atom. The first-order valence-electron chi connectivity index (χ1n) is 7.21. The quantitative estimate of drug-likeness (QED) is 0.776. The van der Waals surface area contributed by atoms with Gasteiger partial charge >= 0.3 is 5.97 Å². The molecular weight excluding hydrogens is 260 g/mol. The molecule has 1 N–H and O–H groups in total. The summed E-state index contributed by atoms with van der Waals surface area (Å²) in [5, 5.41) is 7.23.